The Kier molecular flexibility index (Phi) is 5.87. The van der Waals surface area contributed by atoms with E-state index in [0.717, 1.165) is 67.0 Å². The summed E-state index contributed by atoms with van der Waals surface area (Å²) in [7, 11) is 0. The fraction of sp³-hybridized carbons (Fsp3) is 0.480. The third-order valence-electron chi connectivity index (χ3n) is 7.06. The average Bonchev–Trinajstić information content (AvgIpc) is 3.76. The lowest BCUT2D eigenvalue weighted by molar-refractivity contribution is -0.663. The average molecular weight is 485 g/mol. The standard InChI is InChI=1S/C25H28Cl2N6/c26-19-6-3-17(13-20(19)27)22-23(21-9-12-29-25(31-21)30-18-4-5-18)33(14-15-1-2-15)24(32-22)16-7-10-28-11-8-16/h3,6,9,12-13,15-16,18,28H,1-2,4-5,7-8,10-11,14H2,(H,29,30,31)/p+2. The summed E-state index contributed by atoms with van der Waals surface area (Å²) in [5, 5.41) is 5.74. The Morgan fingerprint density at radius 2 is 1.79 bits per heavy atom. The third kappa shape index (κ3) is 4.67. The molecule has 1 saturated heterocycles. The molecule has 172 valence electrons. The van der Waals surface area contributed by atoms with E-state index >= 15 is 0 Å². The highest BCUT2D eigenvalue weighted by Gasteiger charge is 2.32. The van der Waals surface area contributed by atoms with Gasteiger partial charge >= 0.3 is 5.95 Å². The summed E-state index contributed by atoms with van der Waals surface area (Å²) in [6, 6.07) is 8.49. The molecule has 0 amide bonds. The summed E-state index contributed by atoms with van der Waals surface area (Å²) in [6.07, 6.45) is 9.27. The Morgan fingerprint density at radius 1 is 0.970 bits per heavy atom. The summed E-state index contributed by atoms with van der Waals surface area (Å²) in [4.78, 5) is 14.8. The first-order valence-corrected chi connectivity index (χ1v) is 13.0. The maximum Gasteiger partial charge on any atom is 0.326 e. The van der Waals surface area contributed by atoms with Gasteiger partial charge in [0, 0.05) is 49.9 Å². The van der Waals surface area contributed by atoms with Gasteiger partial charge in [0.05, 0.1) is 46.3 Å². The highest BCUT2D eigenvalue weighted by atomic mass is 35.5. The van der Waals surface area contributed by atoms with E-state index in [0.29, 0.717) is 22.0 Å². The molecule has 2 aliphatic carbocycles. The molecule has 0 atom stereocenters. The van der Waals surface area contributed by atoms with Gasteiger partial charge in [-0.1, -0.05) is 29.3 Å². The van der Waals surface area contributed by atoms with Crippen LogP contribution in [0.15, 0.2) is 30.5 Å². The molecule has 3 aliphatic rings. The normalized spacial score (nSPS) is 19.2. The number of hydrogen-bond acceptors (Lipinski definition) is 3. The number of benzene rings is 1. The maximum atomic E-state index is 6.44. The van der Waals surface area contributed by atoms with Gasteiger partial charge in [-0.2, -0.15) is 9.97 Å². The Hall–Kier alpha value is -1.99. The SMILES string of the molecule is Clc1ccc(-c2nc(C3CC[NH2+]CC3)n(CC3CC3)c2-c2ccnc([NH2+]C3CC3)n2)cc1Cl. The molecule has 2 saturated carbocycles. The fourth-order valence-corrected chi connectivity index (χ4v) is 5.17. The van der Waals surface area contributed by atoms with Crippen LogP contribution >= 0.6 is 23.2 Å². The van der Waals surface area contributed by atoms with Crippen molar-refractivity contribution in [2.45, 2.75) is 57.0 Å². The second-order valence-corrected chi connectivity index (χ2v) is 10.6. The molecule has 6 nitrogen and oxygen atoms in total. The molecule has 6 rings (SSSR count). The lowest BCUT2D eigenvalue weighted by Crippen LogP contribution is -2.86. The predicted molar refractivity (Wildman–Crippen MR) is 130 cm³/mol. The molecule has 3 fully saturated rings. The van der Waals surface area contributed by atoms with E-state index < -0.39 is 0 Å². The van der Waals surface area contributed by atoms with Crippen LogP contribution in [-0.2, 0) is 6.54 Å². The van der Waals surface area contributed by atoms with Crippen LogP contribution in [0.25, 0.3) is 22.6 Å². The van der Waals surface area contributed by atoms with E-state index in [1.807, 2.05) is 30.5 Å². The van der Waals surface area contributed by atoms with Gasteiger partial charge in [0.1, 0.15) is 5.82 Å². The fourth-order valence-electron chi connectivity index (χ4n) is 4.87. The minimum Gasteiger partial charge on any atom is -0.346 e. The molecule has 0 bridgehead atoms. The molecule has 0 spiro atoms. The first kappa shape index (κ1) is 21.5. The monoisotopic (exact) mass is 484 g/mol. The number of quaternary nitrogens is 2. The Bertz CT molecular complexity index is 1160. The lowest BCUT2D eigenvalue weighted by Gasteiger charge is -2.22. The minimum absolute atomic E-state index is 0.475. The van der Waals surface area contributed by atoms with Crippen LogP contribution in [-0.4, -0.2) is 38.7 Å². The van der Waals surface area contributed by atoms with Crippen LogP contribution in [0.4, 0.5) is 5.95 Å². The van der Waals surface area contributed by atoms with Crippen LogP contribution < -0.4 is 10.6 Å². The molecule has 0 unspecified atom stereocenters. The molecule has 1 aliphatic heterocycles. The molecular formula is C25H30Cl2N6+2. The molecule has 4 N–H and O–H groups in total. The zero-order valence-corrected chi connectivity index (χ0v) is 20.2. The quantitative estimate of drug-likeness (QED) is 0.538. The van der Waals surface area contributed by atoms with Gasteiger partial charge in [0.2, 0.25) is 0 Å². The van der Waals surface area contributed by atoms with Gasteiger partial charge in [0.25, 0.3) is 0 Å². The van der Waals surface area contributed by atoms with Crippen molar-refractivity contribution < 1.29 is 10.6 Å². The number of nitrogens with two attached hydrogens (primary N) is 2. The molecule has 3 heterocycles. The van der Waals surface area contributed by atoms with Gasteiger partial charge < -0.3 is 9.88 Å². The second-order valence-electron chi connectivity index (χ2n) is 9.79. The molecule has 8 heteroatoms. The summed E-state index contributed by atoms with van der Waals surface area (Å²) in [5.74, 6) is 3.23. The van der Waals surface area contributed by atoms with Crippen molar-refractivity contribution in [3.63, 3.8) is 0 Å². The number of rotatable bonds is 7. The van der Waals surface area contributed by atoms with Gasteiger partial charge in [-0.05, 0) is 37.0 Å². The van der Waals surface area contributed by atoms with Crippen molar-refractivity contribution in [1.82, 2.24) is 19.5 Å². The van der Waals surface area contributed by atoms with Crippen molar-refractivity contribution in [2.75, 3.05) is 13.1 Å². The highest BCUT2D eigenvalue weighted by molar-refractivity contribution is 6.42. The number of piperidine rings is 1. The van der Waals surface area contributed by atoms with E-state index in [4.69, 9.17) is 33.2 Å². The summed E-state index contributed by atoms with van der Waals surface area (Å²) in [6.45, 7) is 3.32. The topological polar surface area (TPSA) is 76.8 Å². The van der Waals surface area contributed by atoms with E-state index in [2.05, 4.69) is 20.2 Å². The van der Waals surface area contributed by atoms with Crippen LogP contribution in [0.2, 0.25) is 10.0 Å². The number of imidazole rings is 1. The second kappa shape index (κ2) is 8.99. The smallest absolute Gasteiger partial charge is 0.326 e. The van der Waals surface area contributed by atoms with Gasteiger partial charge in [0.15, 0.2) is 0 Å². The molecular weight excluding hydrogens is 455 g/mol. The van der Waals surface area contributed by atoms with Crippen molar-refractivity contribution in [3.8, 4) is 22.6 Å². The molecule has 0 radical (unpaired) electrons. The van der Waals surface area contributed by atoms with Crippen LogP contribution in [0.1, 0.15) is 50.3 Å². The van der Waals surface area contributed by atoms with E-state index in [1.165, 1.54) is 31.5 Å². The largest absolute Gasteiger partial charge is 0.346 e. The molecule has 3 aromatic rings. The number of hydrogen-bond donors (Lipinski definition) is 2. The van der Waals surface area contributed by atoms with Crippen molar-refractivity contribution in [3.05, 3.63) is 46.3 Å². The van der Waals surface area contributed by atoms with Crippen LogP contribution in [0, 0.1) is 5.92 Å². The summed E-state index contributed by atoms with van der Waals surface area (Å²) >= 11 is 12.7. The lowest BCUT2D eigenvalue weighted by atomic mass is 9.97. The molecule has 33 heavy (non-hydrogen) atoms. The van der Waals surface area contributed by atoms with Crippen LogP contribution in [0.3, 0.4) is 0 Å². The van der Waals surface area contributed by atoms with Gasteiger partial charge in [-0.15, -0.1) is 0 Å². The van der Waals surface area contributed by atoms with E-state index in [1.54, 1.807) is 0 Å². The first-order valence-electron chi connectivity index (χ1n) is 12.2. The maximum absolute atomic E-state index is 6.44. The van der Waals surface area contributed by atoms with Crippen LogP contribution in [0.5, 0.6) is 0 Å². The summed E-state index contributed by atoms with van der Waals surface area (Å²) < 4.78 is 2.48. The molecule has 2 aromatic heterocycles. The van der Waals surface area contributed by atoms with Crippen molar-refractivity contribution in [2.24, 2.45) is 5.92 Å². The number of nitrogens with zero attached hydrogens (tertiary/aromatic N) is 4. The highest BCUT2D eigenvalue weighted by Crippen LogP contribution is 2.41. The number of halogens is 2. The van der Waals surface area contributed by atoms with Crippen molar-refractivity contribution in [1.29, 1.82) is 0 Å². The van der Waals surface area contributed by atoms with E-state index in [-0.39, 0.29) is 0 Å². The zero-order valence-electron chi connectivity index (χ0n) is 18.7. The Balaban J connectivity index is 1.52. The Labute approximate surface area is 204 Å². The molecule has 1 aromatic carbocycles. The number of aromatic nitrogens is 4. The van der Waals surface area contributed by atoms with Gasteiger partial charge in [-0.3, -0.25) is 5.32 Å². The Morgan fingerprint density at radius 3 is 2.52 bits per heavy atom. The van der Waals surface area contributed by atoms with E-state index in [9.17, 15) is 0 Å². The van der Waals surface area contributed by atoms with Gasteiger partial charge in [-0.25, -0.2) is 4.98 Å². The predicted octanol–water partition coefficient (Wildman–Crippen LogP) is 3.52. The summed E-state index contributed by atoms with van der Waals surface area (Å²) in [5.41, 5.74) is 3.98. The third-order valence-corrected chi connectivity index (χ3v) is 7.79. The zero-order chi connectivity index (χ0) is 22.4. The first-order chi connectivity index (χ1) is 16.2. The minimum atomic E-state index is 0.475. The van der Waals surface area contributed by atoms with Crippen molar-refractivity contribution >= 4 is 29.2 Å².